The summed E-state index contributed by atoms with van der Waals surface area (Å²) in [6, 6.07) is 10.9. The van der Waals surface area contributed by atoms with Crippen molar-refractivity contribution in [3.8, 4) is 0 Å². The Morgan fingerprint density at radius 3 is 2.87 bits per heavy atom. The van der Waals surface area contributed by atoms with Gasteiger partial charge in [-0.2, -0.15) is 5.10 Å². The molecule has 0 aliphatic heterocycles. The Kier molecular flexibility index (Phi) is 4.37. The van der Waals surface area contributed by atoms with Gasteiger partial charge in [0.1, 0.15) is 5.76 Å². The van der Waals surface area contributed by atoms with E-state index in [0.29, 0.717) is 13.0 Å². The number of nitrogens with zero attached hydrogens (tertiary/aromatic N) is 2. The van der Waals surface area contributed by atoms with Crippen LogP contribution in [0.15, 0.2) is 53.3 Å². The standard InChI is InChI=1S/C16H16N4O3/c21-15(17-7-6-13-5-3-9-23-13)11-18-16(22)14-10-12-4-1-2-8-20(12)19-14/h1-5,8-10H,6-7,11H2,(H,17,21)(H,18,22). The van der Waals surface area contributed by atoms with Crippen LogP contribution in [-0.4, -0.2) is 34.5 Å². The molecule has 3 aromatic rings. The van der Waals surface area contributed by atoms with Crippen LogP contribution in [0.5, 0.6) is 0 Å². The van der Waals surface area contributed by atoms with Gasteiger partial charge in [0, 0.05) is 19.2 Å². The van der Waals surface area contributed by atoms with Crippen molar-refractivity contribution in [1.82, 2.24) is 20.2 Å². The molecule has 2 amide bonds. The van der Waals surface area contributed by atoms with E-state index < -0.39 is 0 Å². The van der Waals surface area contributed by atoms with E-state index in [4.69, 9.17) is 4.42 Å². The van der Waals surface area contributed by atoms with Crippen LogP contribution in [0.25, 0.3) is 5.52 Å². The molecule has 0 fully saturated rings. The number of rotatable bonds is 6. The van der Waals surface area contributed by atoms with E-state index in [2.05, 4.69) is 15.7 Å². The summed E-state index contributed by atoms with van der Waals surface area (Å²) in [7, 11) is 0. The summed E-state index contributed by atoms with van der Waals surface area (Å²) in [6.07, 6.45) is 3.96. The van der Waals surface area contributed by atoms with Crippen molar-refractivity contribution < 1.29 is 14.0 Å². The first kappa shape index (κ1) is 14.8. The Morgan fingerprint density at radius 1 is 1.17 bits per heavy atom. The average molecular weight is 312 g/mol. The number of fused-ring (bicyclic) bond motifs is 1. The molecule has 7 heteroatoms. The van der Waals surface area contributed by atoms with Gasteiger partial charge in [-0.05, 0) is 30.3 Å². The summed E-state index contributed by atoms with van der Waals surface area (Å²) in [5.41, 5.74) is 1.10. The van der Waals surface area contributed by atoms with Crippen molar-refractivity contribution in [2.45, 2.75) is 6.42 Å². The Morgan fingerprint density at radius 2 is 2.09 bits per heavy atom. The molecule has 0 unspecified atom stereocenters. The average Bonchev–Trinajstić information content (AvgIpc) is 3.21. The van der Waals surface area contributed by atoms with Gasteiger partial charge < -0.3 is 15.1 Å². The van der Waals surface area contributed by atoms with Crippen molar-refractivity contribution >= 4 is 17.3 Å². The van der Waals surface area contributed by atoms with E-state index in [1.54, 1.807) is 29.1 Å². The van der Waals surface area contributed by atoms with Crippen LogP contribution in [0.4, 0.5) is 0 Å². The molecule has 0 spiro atoms. The zero-order valence-corrected chi connectivity index (χ0v) is 12.4. The summed E-state index contributed by atoms with van der Waals surface area (Å²) < 4.78 is 6.78. The van der Waals surface area contributed by atoms with Gasteiger partial charge in [0.05, 0.1) is 18.3 Å². The number of carbonyl (C=O) groups excluding carboxylic acids is 2. The maximum atomic E-state index is 12.0. The molecule has 0 saturated carbocycles. The molecule has 0 atom stereocenters. The third kappa shape index (κ3) is 3.76. The lowest BCUT2D eigenvalue weighted by Crippen LogP contribution is -2.37. The van der Waals surface area contributed by atoms with Crippen molar-refractivity contribution in [3.05, 3.63) is 60.3 Å². The third-order valence-corrected chi connectivity index (χ3v) is 3.29. The lowest BCUT2D eigenvalue weighted by molar-refractivity contribution is -0.120. The Hall–Kier alpha value is -3.09. The number of furan rings is 1. The highest BCUT2D eigenvalue weighted by atomic mass is 16.3. The first-order valence-electron chi connectivity index (χ1n) is 7.24. The van der Waals surface area contributed by atoms with Crippen LogP contribution < -0.4 is 10.6 Å². The predicted octanol–water partition coefficient (Wildman–Crippen LogP) is 1.02. The van der Waals surface area contributed by atoms with E-state index in [-0.39, 0.29) is 24.1 Å². The summed E-state index contributed by atoms with van der Waals surface area (Å²) in [4.78, 5) is 23.7. The first-order chi connectivity index (χ1) is 11.2. The summed E-state index contributed by atoms with van der Waals surface area (Å²) in [5, 5.41) is 9.42. The first-order valence-corrected chi connectivity index (χ1v) is 7.24. The van der Waals surface area contributed by atoms with Crippen LogP contribution in [0.2, 0.25) is 0 Å². The molecule has 3 rings (SSSR count). The molecule has 0 aliphatic carbocycles. The van der Waals surface area contributed by atoms with Gasteiger partial charge in [0.15, 0.2) is 5.69 Å². The molecule has 0 radical (unpaired) electrons. The van der Waals surface area contributed by atoms with Crippen LogP contribution in [0, 0.1) is 0 Å². The summed E-state index contributed by atoms with van der Waals surface area (Å²) in [5.74, 6) is 0.169. The quantitative estimate of drug-likeness (QED) is 0.711. The van der Waals surface area contributed by atoms with Gasteiger partial charge in [-0.15, -0.1) is 0 Å². The van der Waals surface area contributed by atoms with Crippen molar-refractivity contribution in [2.75, 3.05) is 13.1 Å². The van der Waals surface area contributed by atoms with E-state index in [9.17, 15) is 9.59 Å². The van der Waals surface area contributed by atoms with Gasteiger partial charge in [0.2, 0.25) is 5.91 Å². The van der Waals surface area contributed by atoms with Gasteiger partial charge >= 0.3 is 0 Å². The highest BCUT2D eigenvalue weighted by molar-refractivity contribution is 5.95. The van der Waals surface area contributed by atoms with Gasteiger partial charge in [-0.25, -0.2) is 4.52 Å². The Balaban J connectivity index is 1.45. The lowest BCUT2D eigenvalue weighted by Gasteiger charge is -2.05. The normalized spacial score (nSPS) is 10.6. The topological polar surface area (TPSA) is 88.6 Å². The number of aromatic nitrogens is 2. The number of hydrogen-bond acceptors (Lipinski definition) is 4. The fraction of sp³-hybridized carbons (Fsp3) is 0.188. The summed E-state index contributed by atoms with van der Waals surface area (Å²) in [6.45, 7) is 0.363. The second kappa shape index (κ2) is 6.78. The Labute approximate surface area is 132 Å². The smallest absolute Gasteiger partial charge is 0.272 e. The lowest BCUT2D eigenvalue weighted by atomic mass is 10.3. The number of hydrogen-bond donors (Lipinski definition) is 2. The highest BCUT2D eigenvalue weighted by Crippen LogP contribution is 2.05. The highest BCUT2D eigenvalue weighted by Gasteiger charge is 2.11. The van der Waals surface area contributed by atoms with Crippen LogP contribution in [0.1, 0.15) is 16.2 Å². The van der Waals surface area contributed by atoms with E-state index in [1.165, 1.54) is 0 Å². The number of nitrogens with one attached hydrogen (secondary N) is 2. The van der Waals surface area contributed by atoms with Crippen LogP contribution in [-0.2, 0) is 11.2 Å². The monoisotopic (exact) mass is 312 g/mol. The maximum Gasteiger partial charge on any atom is 0.272 e. The van der Waals surface area contributed by atoms with E-state index in [0.717, 1.165) is 11.3 Å². The van der Waals surface area contributed by atoms with Gasteiger partial charge in [-0.1, -0.05) is 6.07 Å². The Bertz CT molecular complexity index is 775. The second-order valence-corrected chi connectivity index (χ2v) is 4.96. The summed E-state index contributed by atoms with van der Waals surface area (Å²) >= 11 is 0. The number of amides is 2. The minimum absolute atomic E-state index is 0.0924. The fourth-order valence-corrected chi connectivity index (χ4v) is 2.14. The van der Waals surface area contributed by atoms with E-state index in [1.807, 2.05) is 24.3 Å². The molecule has 3 aromatic heterocycles. The molecular formula is C16H16N4O3. The number of carbonyl (C=O) groups is 2. The molecule has 0 aromatic carbocycles. The molecule has 3 heterocycles. The molecule has 23 heavy (non-hydrogen) atoms. The molecule has 0 aliphatic rings. The molecule has 0 bridgehead atoms. The largest absolute Gasteiger partial charge is 0.469 e. The molecule has 7 nitrogen and oxygen atoms in total. The zero-order chi connectivity index (χ0) is 16.1. The minimum atomic E-state index is -0.380. The molecule has 2 N–H and O–H groups in total. The van der Waals surface area contributed by atoms with Crippen molar-refractivity contribution in [3.63, 3.8) is 0 Å². The van der Waals surface area contributed by atoms with Crippen molar-refractivity contribution in [2.24, 2.45) is 0 Å². The van der Waals surface area contributed by atoms with E-state index >= 15 is 0 Å². The second-order valence-electron chi connectivity index (χ2n) is 4.96. The van der Waals surface area contributed by atoms with Gasteiger partial charge in [-0.3, -0.25) is 9.59 Å². The molecule has 0 saturated heterocycles. The van der Waals surface area contributed by atoms with Crippen LogP contribution >= 0.6 is 0 Å². The minimum Gasteiger partial charge on any atom is -0.469 e. The predicted molar refractivity (Wildman–Crippen MR) is 82.9 cm³/mol. The third-order valence-electron chi connectivity index (χ3n) is 3.29. The van der Waals surface area contributed by atoms with Gasteiger partial charge in [0.25, 0.3) is 5.91 Å². The molecule has 118 valence electrons. The SMILES string of the molecule is O=C(CNC(=O)c1cc2ccccn2n1)NCCc1ccco1. The maximum absolute atomic E-state index is 12.0. The zero-order valence-electron chi connectivity index (χ0n) is 12.4. The van der Waals surface area contributed by atoms with Crippen LogP contribution in [0.3, 0.4) is 0 Å². The number of pyridine rings is 1. The van der Waals surface area contributed by atoms with Crippen molar-refractivity contribution in [1.29, 1.82) is 0 Å². The fourth-order valence-electron chi connectivity index (χ4n) is 2.14. The molecular weight excluding hydrogens is 296 g/mol.